The molecule has 0 atom stereocenters. The Labute approximate surface area is 173 Å². The smallest absolute Gasteiger partial charge is 0.363 e. The lowest BCUT2D eigenvalue weighted by atomic mass is 10.2. The van der Waals surface area contributed by atoms with E-state index < -0.39 is 5.97 Å². The van der Waals surface area contributed by atoms with Gasteiger partial charge in [0.1, 0.15) is 30.5 Å². The molecule has 0 fully saturated rings. The van der Waals surface area contributed by atoms with E-state index >= 15 is 0 Å². The summed E-state index contributed by atoms with van der Waals surface area (Å²) in [5.74, 6) is 2.12. The summed E-state index contributed by atoms with van der Waals surface area (Å²) >= 11 is 0. The minimum Gasteiger partial charge on any atom is -0.497 e. The quantitative estimate of drug-likeness (QED) is 0.319. The van der Waals surface area contributed by atoms with E-state index in [2.05, 4.69) is 4.99 Å². The molecule has 0 N–H and O–H groups in total. The van der Waals surface area contributed by atoms with Crippen LogP contribution in [0.4, 0.5) is 0 Å². The molecule has 0 aliphatic carbocycles. The summed E-state index contributed by atoms with van der Waals surface area (Å²) in [5.41, 5.74) is 0.956. The van der Waals surface area contributed by atoms with Gasteiger partial charge < -0.3 is 23.4 Å². The highest BCUT2D eigenvalue weighted by Crippen LogP contribution is 2.22. The summed E-state index contributed by atoms with van der Waals surface area (Å²) in [5, 5.41) is 0. The molecule has 0 radical (unpaired) electrons. The van der Waals surface area contributed by atoms with Gasteiger partial charge in [0.05, 0.1) is 13.4 Å². The molecule has 1 aromatic heterocycles. The summed E-state index contributed by atoms with van der Waals surface area (Å²) in [6, 6.07) is 18.1. The lowest BCUT2D eigenvalue weighted by Crippen LogP contribution is -2.09. The van der Waals surface area contributed by atoms with Crippen molar-refractivity contribution in [2.75, 3.05) is 20.3 Å². The Morgan fingerprint density at radius 2 is 1.67 bits per heavy atom. The number of rotatable bonds is 8. The van der Waals surface area contributed by atoms with Gasteiger partial charge in [0, 0.05) is 6.07 Å². The summed E-state index contributed by atoms with van der Waals surface area (Å²) in [4.78, 5) is 16.3. The number of ether oxygens (including phenoxy) is 4. The molecule has 0 bridgehead atoms. The largest absolute Gasteiger partial charge is 0.497 e. The number of benzene rings is 2. The monoisotopic (exact) mass is 405 g/mol. The number of hydrogen-bond donors (Lipinski definition) is 0. The lowest BCUT2D eigenvalue weighted by molar-refractivity contribution is -0.130. The fourth-order valence-corrected chi connectivity index (χ4v) is 2.78. The van der Waals surface area contributed by atoms with Crippen molar-refractivity contribution >= 4 is 17.9 Å². The van der Waals surface area contributed by atoms with Crippen LogP contribution in [0.3, 0.4) is 0 Å². The van der Waals surface area contributed by atoms with Crippen molar-refractivity contribution in [1.82, 2.24) is 0 Å². The van der Waals surface area contributed by atoms with Gasteiger partial charge in [-0.1, -0.05) is 18.2 Å². The number of aliphatic imine (C=N–C) groups is 1. The molecule has 30 heavy (non-hydrogen) atoms. The molecule has 0 saturated carbocycles. The van der Waals surface area contributed by atoms with Gasteiger partial charge in [0.2, 0.25) is 0 Å². The molecule has 4 rings (SSSR count). The molecule has 2 aromatic carbocycles. The summed E-state index contributed by atoms with van der Waals surface area (Å²) < 4.78 is 26.9. The van der Waals surface area contributed by atoms with E-state index in [4.69, 9.17) is 23.4 Å². The average Bonchev–Trinajstić information content (AvgIpc) is 3.42. The first-order chi connectivity index (χ1) is 14.7. The Hall–Kier alpha value is -4.00. The van der Waals surface area contributed by atoms with Crippen LogP contribution in [0.25, 0.3) is 6.08 Å². The third-order valence-corrected chi connectivity index (χ3v) is 4.18. The number of cyclic esters (lactones) is 1. The molecule has 0 amide bonds. The maximum Gasteiger partial charge on any atom is 0.363 e. The Morgan fingerprint density at radius 3 is 2.40 bits per heavy atom. The molecule has 7 heteroatoms. The zero-order chi connectivity index (χ0) is 20.8. The second-order valence-corrected chi connectivity index (χ2v) is 6.26. The molecular weight excluding hydrogens is 386 g/mol. The fourth-order valence-electron chi connectivity index (χ4n) is 2.78. The maximum absolute atomic E-state index is 12.1. The SMILES string of the molecule is COc1cccc(OCCOc2cccc(C=C3N=C(c4ccco4)OC3=O)c2)c1. The minimum atomic E-state index is -0.528. The first-order valence-corrected chi connectivity index (χ1v) is 9.27. The van der Waals surface area contributed by atoms with Crippen molar-refractivity contribution in [2.45, 2.75) is 0 Å². The van der Waals surface area contributed by atoms with Crippen LogP contribution in [-0.4, -0.2) is 32.2 Å². The third kappa shape index (κ3) is 4.70. The van der Waals surface area contributed by atoms with Crippen LogP contribution in [0.15, 0.2) is 82.0 Å². The molecule has 3 aromatic rings. The summed E-state index contributed by atoms with van der Waals surface area (Å²) in [6.45, 7) is 0.738. The van der Waals surface area contributed by atoms with E-state index in [-0.39, 0.29) is 11.6 Å². The van der Waals surface area contributed by atoms with Gasteiger partial charge in [-0.25, -0.2) is 9.79 Å². The number of nitrogens with zero attached hydrogens (tertiary/aromatic N) is 1. The molecule has 7 nitrogen and oxygen atoms in total. The molecule has 1 aliphatic heterocycles. The fraction of sp³-hybridized carbons (Fsp3) is 0.130. The molecular formula is C23H19NO6. The van der Waals surface area contributed by atoms with E-state index in [9.17, 15) is 4.79 Å². The first kappa shape index (κ1) is 19.3. The molecule has 0 unspecified atom stereocenters. The van der Waals surface area contributed by atoms with Gasteiger partial charge in [0.15, 0.2) is 11.5 Å². The second-order valence-electron chi connectivity index (χ2n) is 6.26. The Kier molecular flexibility index (Phi) is 5.80. The number of carbonyl (C=O) groups excluding carboxylic acids is 1. The predicted octanol–water partition coefficient (Wildman–Crippen LogP) is 4.09. The number of carbonyl (C=O) groups is 1. The van der Waals surface area contributed by atoms with Crippen LogP contribution in [0.5, 0.6) is 17.2 Å². The van der Waals surface area contributed by atoms with Crippen LogP contribution in [-0.2, 0) is 9.53 Å². The molecule has 0 saturated heterocycles. The van der Waals surface area contributed by atoms with Crippen LogP contribution >= 0.6 is 0 Å². The number of hydrogen-bond acceptors (Lipinski definition) is 7. The maximum atomic E-state index is 12.1. The van der Waals surface area contributed by atoms with E-state index in [1.165, 1.54) is 6.26 Å². The van der Waals surface area contributed by atoms with Gasteiger partial charge in [-0.05, 0) is 48.0 Å². The predicted molar refractivity (Wildman–Crippen MR) is 110 cm³/mol. The van der Waals surface area contributed by atoms with Crippen molar-refractivity contribution in [2.24, 2.45) is 4.99 Å². The highest BCUT2D eigenvalue weighted by Gasteiger charge is 2.25. The van der Waals surface area contributed by atoms with E-state index in [1.54, 1.807) is 25.3 Å². The average molecular weight is 405 g/mol. The Morgan fingerprint density at radius 1 is 0.933 bits per heavy atom. The van der Waals surface area contributed by atoms with Gasteiger partial charge in [-0.15, -0.1) is 0 Å². The van der Waals surface area contributed by atoms with Crippen LogP contribution in [0.1, 0.15) is 11.3 Å². The lowest BCUT2D eigenvalue weighted by Gasteiger charge is -2.09. The summed E-state index contributed by atoms with van der Waals surface area (Å²) in [7, 11) is 1.61. The van der Waals surface area contributed by atoms with E-state index in [0.717, 1.165) is 11.3 Å². The van der Waals surface area contributed by atoms with Gasteiger partial charge in [-0.2, -0.15) is 0 Å². The second kappa shape index (κ2) is 9.00. The van der Waals surface area contributed by atoms with Crippen molar-refractivity contribution in [3.05, 3.63) is 83.9 Å². The first-order valence-electron chi connectivity index (χ1n) is 9.27. The van der Waals surface area contributed by atoms with Crippen LogP contribution in [0, 0.1) is 0 Å². The molecule has 1 aliphatic rings. The molecule has 0 spiro atoms. The topological polar surface area (TPSA) is 79.5 Å². The van der Waals surface area contributed by atoms with Gasteiger partial charge >= 0.3 is 5.97 Å². The number of furan rings is 1. The van der Waals surface area contributed by atoms with Crippen molar-refractivity contribution in [3.63, 3.8) is 0 Å². The van der Waals surface area contributed by atoms with Crippen molar-refractivity contribution < 1.29 is 28.2 Å². The van der Waals surface area contributed by atoms with Gasteiger partial charge in [-0.3, -0.25) is 0 Å². The van der Waals surface area contributed by atoms with Crippen LogP contribution in [0.2, 0.25) is 0 Å². The number of methoxy groups -OCH3 is 1. The highest BCUT2D eigenvalue weighted by atomic mass is 16.6. The third-order valence-electron chi connectivity index (χ3n) is 4.18. The normalized spacial score (nSPS) is 14.4. The van der Waals surface area contributed by atoms with Crippen molar-refractivity contribution in [3.8, 4) is 17.2 Å². The standard InChI is InChI=1S/C23H19NO6/c1-26-17-6-3-8-19(15-17)28-12-11-27-18-7-2-5-16(13-18)14-20-23(25)30-22(24-20)21-9-4-10-29-21/h2-10,13-15H,11-12H2,1H3. The molecule has 152 valence electrons. The van der Waals surface area contributed by atoms with Crippen molar-refractivity contribution in [1.29, 1.82) is 0 Å². The highest BCUT2D eigenvalue weighted by molar-refractivity contribution is 6.11. The van der Waals surface area contributed by atoms with E-state index in [0.29, 0.717) is 30.5 Å². The van der Waals surface area contributed by atoms with Gasteiger partial charge in [0.25, 0.3) is 5.90 Å². The number of esters is 1. The zero-order valence-electron chi connectivity index (χ0n) is 16.2. The van der Waals surface area contributed by atoms with E-state index in [1.807, 2.05) is 48.5 Å². The van der Waals surface area contributed by atoms with Crippen LogP contribution < -0.4 is 14.2 Å². The zero-order valence-corrected chi connectivity index (χ0v) is 16.2. The molecule has 2 heterocycles. The Bertz CT molecular complexity index is 1080. The summed E-state index contributed by atoms with van der Waals surface area (Å²) in [6.07, 6.45) is 3.13. The Balaban J connectivity index is 1.36. The minimum absolute atomic E-state index is 0.151.